The number of sulfonamides is 1. The van der Waals surface area contributed by atoms with Gasteiger partial charge in [-0.2, -0.15) is 0 Å². The van der Waals surface area contributed by atoms with Gasteiger partial charge in [0.05, 0.1) is 16.0 Å². The molecule has 6 heterocycles. The van der Waals surface area contributed by atoms with E-state index in [0.29, 0.717) is 48.1 Å². The Morgan fingerprint density at radius 2 is 1.83 bits per heavy atom. The third kappa shape index (κ3) is 8.43. The summed E-state index contributed by atoms with van der Waals surface area (Å²) in [6.45, 7) is 7.49. The molecule has 0 radical (unpaired) electrons. The Hall–Kier alpha value is -6.07. The number of nitrogens with one attached hydrogen (secondary N) is 3. The van der Waals surface area contributed by atoms with Crippen molar-refractivity contribution >= 4 is 50.1 Å². The van der Waals surface area contributed by atoms with Crippen LogP contribution in [0.25, 0.3) is 11.0 Å². The SMILES string of the molecule is CC(C)c1ccccc1[C@@H]1CCCN1C1CC2(CCN(c3cc(Oc4cnc5[nH]ccc5c4)c(C(=O)NS(=O)(=O)c4ccc(NCC5CCC(=O)N5C)c([N+](=O)[O-])c4)cn3)CC2)C1. The number of amides is 2. The Morgan fingerprint density at radius 3 is 2.57 bits per heavy atom. The number of aromatic nitrogens is 3. The summed E-state index contributed by atoms with van der Waals surface area (Å²) in [4.78, 5) is 55.5. The van der Waals surface area contributed by atoms with Crippen LogP contribution in [-0.4, -0.2) is 95.2 Å². The lowest BCUT2D eigenvalue weighted by atomic mass is 9.60. The summed E-state index contributed by atoms with van der Waals surface area (Å²) in [6.07, 6.45) is 12.3. The van der Waals surface area contributed by atoms with E-state index in [1.54, 1.807) is 30.3 Å². The lowest BCUT2D eigenvalue weighted by molar-refractivity contribution is -0.384. The van der Waals surface area contributed by atoms with Crippen molar-refractivity contribution in [2.75, 3.05) is 43.4 Å². The molecule has 1 saturated carbocycles. The normalized spacial score (nSPS) is 20.4. The van der Waals surface area contributed by atoms with Crippen molar-refractivity contribution in [1.82, 2.24) is 29.5 Å². The molecule has 2 atom stereocenters. The molecule has 3 saturated heterocycles. The maximum atomic E-state index is 13.9. The molecule has 3 aromatic heterocycles. The number of nitro groups is 1. The number of nitrogens with zero attached hydrogens (tertiary/aromatic N) is 6. The minimum absolute atomic E-state index is 0.0116. The lowest BCUT2D eigenvalue weighted by Crippen LogP contribution is -2.55. The highest BCUT2D eigenvalue weighted by atomic mass is 32.2. The number of hydrogen-bond acceptors (Lipinski definition) is 12. The highest BCUT2D eigenvalue weighted by Gasteiger charge is 2.50. The molecule has 4 aliphatic rings. The minimum atomic E-state index is -4.61. The topological polar surface area (TPSA) is 196 Å². The quantitative estimate of drug-likeness (QED) is 0.0779. The molecular weight excluding hydrogens is 823 g/mol. The average molecular weight is 876 g/mol. The zero-order valence-corrected chi connectivity index (χ0v) is 36.6. The maximum absolute atomic E-state index is 13.9. The van der Waals surface area contributed by atoms with Crippen molar-refractivity contribution in [2.45, 2.75) is 94.2 Å². The van der Waals surface area contributed by atoms with Gasteiger partial charge in [-0.05, 0) is 98.2 Å². The van der Waals surface area contributed by atoms with Gasteiger partial charge in [0, 0.05) is 81.1 Å². The molecule has 1 aliphatic carbocycles. The van der Waals surface area contributed by atoms with Gasteiger partial charge in [0.1, 0.15) is 34.2 Å². The van der Waals surface area contributed by atoms with E-state index in [1.807, 2.05) is 6.07 Å². The number of pyridine rings is 2. The molecule has 3 aliphatic heterocycles. The first-order chi connectivity index (χ1) is 30.3. The number of hydrogen-bond donors (Lipinski definition) is 3. The molecule has 3 N–H and O–H groups in total. The minimum Gasteiger partial charge on any atom is -0.455 e. The number of likely N-dealkylation sites (N-methyl/N-ethyl adjacent to an activating group) is 1. The summed E-state index contributed by atoms with van der Waals surface area (Å²) >= 11 is 0. The van der Waals surface area contributed by atoms with Crippen LogP contribution in [0.15, 0.2) is 84.1 Å². The van der Waals surface area contributed by atoms with Gasteiger partial charge in [-0.15, -0.1) is 0 Å². The van der Waals surface area contributed by atoms with Gasteiger partial charge in [0.15, 0.2) is 0 Å². The average Bonchev–Trinajstić information content (AvgIpc) is 4.02. The van der Waals surface area contributed by atoms with Crippen LogP contribution in [0.5, 0.6) is 11.5 Å². The fraction of sp³-hybridized carbons (Fsp3) is 0.435. The molecule has 330 valence electrons. The van der Waals surface area contributed by atoms with Crippen LogP contribution in [0.2, 0.25) is 0 Å². The Balaban J connectivity index is 0.905. The molecule has 16 nitrogen and oxygen atoms in total. The van der Waals surface area contributed by atoms with E-state index in [1.165, 1.54) is 61.3 Å². The van der Waals surface area contributed by atoms with Crippen LogP contribution in [0.3, 0.4) is 0 Å². The number of benzene rings is 2. The number of carbonyl (C=O) groups is 2. The van der Waals surface area contributed by atoms with Gasteiger partial charge in [-0.1, -0.05) is 38.1 Å². The second-order valence-electron chi connectivity index (χ2n) is 17.9. The van der Waals surface area contributed by atoms with Crippen LogP contribution in [-0.2, 0) is 14.8 Å². The first-order valence-corrected chi connectivity index (χ1v) is 23.3. The Bertz CT molecular complexity index is 2670. The predicted octanol–water partition coefficient (Wildman–Crippen LogP) is 7.52. The van der Waals surface area contributed by atoms with Gasteiger partial charge in [-0.3, -0.25) is 24.6 Å². The summed E-state index contributed by atoms with van der Waals surface area (Å²) in [7, 11) is -2.94. The standard InChI is InChI=1S/C46H53N9O7S/c1-29(2)35-7-4-5-8-36(35)39-9-6-18-54(39)32-24-46(25-32)15-19-53(20-16-46)42-23-41(62-33-21-30-14-17-47-44(30)50-27-33)37(28-49-42)45(57)51-63(60,61)34-11-12-38(40(22-34)55(58)59)48-26-31-10-13-43(56)52(31)3/h4-5,7-8,11-12,14,17,21-23,27-29,31-32,39,48H,6,9-10,13,15-16,18-20,24-26H2,1-3H3,(H,47,50)(H,51,57)/t31?,39-/m0/s1. The van der Waals surface area contributed by atoms with Crippen molar-refractivity contribution in [2.24, 2.45) is 5.41 Å². The van der Waals surface area contributed by atoms with Crippen LogP contribution in [0.4, 0.5) is 17.2 Å². The first kappa shape index (κ1) is 42.2. The summed E-state index contributed by atoms with van der Waals surface area (Å²) in [5.74, 6) is 0.463. The zero-order valence-electron chi connectivity index (χ0n) is 35.7. The molecule has 9 rings (SSSR count). The van der Waals surface area contributed by atoms with Crippen molar-refractivity contribution in [3.05, 3.63) is 106 Å². The van der Waals surface area contributed by atoms with E-state index in [9.17, 15) is 28.1 Å². The predicted molar refractivity (Wildman–Crippen MR) is 239 cm³/mol. The third-order valence-corrected chi connectivity index (χ3v) is 15.1. The Kier molecular flexibility index (Phi) is 11.3. The first-order valence-electron chi connectivity index (χ1n) is 21.8. The van der Waals surface area contributed by atoms with E-state index < -0.39 is 31.4 Å². The maximum Gasteiger partial charge on any atom is 0.293 e. The molecule has 2 aromatic carbocycles. The molecule has 4 fully saturated rings. The molecule has 5 aromatic rings. The van der Waals surface area contributed by atoms with E-state index in [0.717, 1.165) is 43.9 Å². The molecular formula is C46H53N9O7S. The van der Waals surface area contributed by atoms with Gasteiger partial charge >= 0.3 is 0 Å². The van der Waals surface area contributed by atoms with E-state index >= 15 is 0 Å². The van der Waals surface area contributed by atoms with Crippen LogP contribution < -0.4 is 19.7 Å². The summed E-state index contributed by atoms with van der Waals surface area (Å²) in [5, 5.41) is 15.9. The molecule has 0 bridgehead atoms. The largest absolute Gasteiger partial charge is 0.455 e. The molecule has 1 unspecified atom stereocenters. The fourth-order valence-corrected chi connectivity index (χ4v) is 11.2. The number of carbonyl (C=O) groups excluding carboxylic acids is 2. The Morgan fingerprint density at radius 1 is 1.03 bits per heavy atom. The number of rotatable bonds is 13. The van der Waals surface area contributed by atoms with Crippen molar-refractivity contribution in [1.29, 1.82) is 0 Å². The molecule has 1 spiro atoms. The number of fused-ring (bicyclic) bond motifs is 1. The van der Waals surface area contributed by atoms with Gasteiger partial charge < -0.3 is 24.8 Å². The van der Waals surface area contributed by atoms with Gasteiger partial charge in [0.2, 0.25) is 5.91 Å². The number of anilines is 2. The summed E-state index contributed by atoms with van der Waals surface area (Å²) in [5.41, 5.74) is 3.31. The van der Waals surface area contributed by atoms with E-state index in [-0.39, 0.29) is 40.9 Å². The van der Waals surface area contributed by atoms with Crippen LogP contribution >= 0.6 is 0 Å². The second-order valence-corrected chi connectivity index (χ2v) is 19.6. The van der Waals surface area contributed by atoms with Gasteiger partial charge in [-0.25, -0.2) is 23.1 Å². The highest BCUT2D eigenvalue weighted by Crippen LogP contribution is 2.54. The molecule has 63 heavy (non-hydrogen) atoms. The second kappa shape index (κ2) is 16.9. The number of aromatic amines is 1. The molecule has 2 amide bonds. The number of nitro benzene ring substituents is 1. The number of piperidine rings is 1. The van der Waals surface area contributed by atoms with E-state index in [2.05, 4.69) is 72.9 Å². The highest BCUT2D eigenvalue weighted by molar-refractivity contribution is 7.90. The monoisotopic (exact) mass is 875 g/mol. The smallest absolute Gasteiger partial charge is 0.293 e. The molecule has 17 heteroatoms. The third-order valence-electron chi connectivity index (χ3n) is 13.8. The van der Waals surface area contributed by atoms with Crippen molar-refractivity contribution < 1.29 is 27.7 Å². The van der Waals surface area contributed by atoms with Gasteiger partial charge in [0.25, 0.3) is 21.6 Å². The van der Waals surface area contributed by atoms with Crippen LogP contribution in [0.1, 0.15) is 98.7 Å². The summed E-state index contributed by atoms with van der Waals surface area (Å²) in [6, 6.07) is 18.5. The number of ether oxygens (including phenoxy) is 1. The fourth-order valence-electron chi connectivity index (χ4n) is 10.2. The number of H-pyrrole nitrogens is 1. The van der Waals surface area contributed by atoms with Crippen molar-refractivity contribution in [3.8, 4) is 11.5 Å². The van der Waals surface area contributed by atoms with Crippen LogP contribution in [0, 0.1) is 15.5 Å². The summed E-state index contributed by atoms with van der Waals surface area (Å²) < 4.78 is 35.7. The lowest BCUT2D eigenvalue weighted by Gasteiger charge is -2.56. The Labute approximate surface area is 366 Å². The number of likely N-dealkylation sites (tertiary alicyclic amines) is 2. The van der Waals surface area contributed by atoms with Crippen molar-refractivity contribution in [3.63, 3.8) is 0 Å². The van der Waals surface area contributed by atoms with E-state index in [4.69, 9.17) is 4.74 Å². The zero-order chi connectivity index (χ0) is 44.0.